The molecule has 8 heteroatoms. The number of benzene rings is 2. The van der Waals surface area contributed by atoms with E-state index < -0.39 is 11.9 Å². The van der Waals surface area contributed by atoms with E-state index in [4.69, 9.17) is 18.9 Å². The minimum absolute atomic E-state index is 0.0498. The fraction of sp³-hybridized carbons (Fsp3) is 0.263. The van der Waals surface area contributed by atoms with Gasteiger partial charge < -0.3 is 29.2 Å². The molecule has 144 valence electrons. The van der Waals surface area contributed by atoms with Crippen molar-refractivity contribution in [1.29, 1.82) is 0 Å². The lowest BCUT2D eigenvalue weighted by Crippen LogP contribution is -2.11. The SMILES string of the molecule is COc1cc(C(=O)OCCCOC(=O)c2ccc(O)c(OC)c2)ccc1O. The van der Waals surface area contributed by atoms with Gasteiger partial charge in [0.2, 0.25) is 0 Å². The van der Waals surface area contributed by atoms with Gasteiger partial charge >= 0.3 is 11.9 Å². The van der Waals surface area contributed by atoms with Gasteiger partial charge in [-0.3, -0.25) is 0 Å². The van der Waals surface area contributed by atoms with Gasteiger partial charge in [-0.2, -0.15) is 0 Å². The van der Waals surface area contributed by atoms with Crippen LogP contribution in [-0.2, 0) is 9.47 Å². The van der Waals surface area contributed by atoms with Gasteiger partial charge in [-0.1, -0.05) is 0 Å². The maximum Gasteiger partial charge on any atom is 0.338 e. The fourth-order valence-electron chi connectivity index (χ4n) is 2.16. The van der Waals surface area contributed by atoms with E-state index in [1.54, 1.807) is 0 Å². The molecule has 8 nitrogen and oxygen atoms in total. The van der Waals surface area contributed by atoms with Gasteiger partial charge in [0, 0.05) is 6.42 Å². The van der Waals surface area contributed by atoms with Crippen LogP contribution in [0, 0.1) is 0 Å². The number of phenolic OH excluding ortho intramolecular Hbond substituents is 2. The van der Waals surface area contributed by atoms with Crippen molar-refractivity contribution in [3.63, 3.8) is 0 Å². The number of methoxy groups -OCH3 is 2. The number of rotatable bonds is 8. The quantitative estimate of drug-likeness (QED) is 0.534. The van der Waals surface area contributed by atoms with Crippen LogP contribution in [0.4, 0.5) is 0 Å². The predicted octanol–water partition coefficient (Wildman–Crippen LogP) is 2.52. The highest BCUT2D eigenvalue weighted by molar-refractivity contribution is 5.90. The molecule has 0 fully saturated rings. The zero-order valence-electron chi connectivity index (χ0n) is 14.9. The summed E-state index contributed by atoms with van der Waals surface area (Å²) in [7, 11) is 2.75. The summed E-state index contributed by atoms with van der Waals surface area (Å²) in [5.74, 6) is -0.977. The molecule has 0 amide bonds. The van der Waals surface area contributed by atoms with Gasteiger partial charge in [0.05, 0.1) is 38.6 Å². The van der Waals surface area contributed by atoms with Crippen molar-refractivity contribution in [2.45, 2.75) is 6.42 Å². The lowest BCUT2D eigenvalue weighted by molar-refractivity contribution is 0.0395. The van der Waals surface area contributed by atoms with Gasteiger partial charge in [0.1, 0.15) is 0 Å². The number of aromatic hydroxyl groups is 2. The zero-order chi connectivity index (χ0) is 19.8. The Kier molecular flexibility index (Phi) is 6.87. The predicted molar refractivity (Wildman–Crippen MR) is 94.5 cm³/mol. The molecule has 0 atom stereocenters. The first kappa shape index (κ1) is 19.9. The van der Waals surface area contributed by atoms with Crippen LogP contribution in [0.3, 0.4) is 0 Å². The fourth-order valence-corrected chi connectivity index (χ4v) is 2.16. The molecular weight excluding hydrogens is 356 g/mol. The molecule has 0 aromatic heterocycles. The van der Waals surface area contributed by atoms with Crippen LogP contribution in [0.15, 0.2) is 36.4 Å². The molecule has 2 rings (SSSR count). The number of hydrogen-bond acceptors (Lipinski definition) is 8. The Bertz CT molecular complexity index is 748. The molecule has 0 spiro atoms. The smallest absolute Gasteiger partial charge is 0.338 e. The number of phenols is 2. The van der Waals surface area contributed by atoms with Gasteiger partial charge in [-0.25, -0.2) is 9.59 Å². The molecule has 0 bridgehead atoms. The zero-order valence-corrected chi connectivity index (χ0v) is 14.9. The van der Waals surface area contributed by atoms with Crippen LogP contribution >= 0.6 is 0 Å². The second-order valence-electron chi connectivity index (χ2n) is 5.40. The van der Waals surface area contributed by atoms with E-state index in [1.807, 2.05) is 0 Å². The lowest BCUT2D eigenvalue weighted by atomic mass is 10.2. The Morgan fingerprint density at radius 3 is 1.56 bits per heavy atom. The first-order valence-electron chi connectivity index (χ1n) is 8.04. The third-order valence-electron chi connectivity index (χ3n) is 3.59. The Hall–Kier alpha value is -3.42. The standard InChI is InChI=1S/C19H20O8/c1-24-16-10-12(4-6-14(16)20)18(22)26-8-3-9-27-19(23)13-5-7-15(21)17(11-13)25-2/h4-7,10-11,20-21H,3,8-9H2,1-2H3. The second kappa shape index (κ2) is 9.33. The normalized spacial score (nSPS) is 10.1. The van der Waals surface area contributed by atoms with Crippen LogP contribution in [0.25, 0.3) is 0 Å². The molecule has 0 saturated heterocycles. The Morgan fingerprint density at radius 1 is 0.778 bits per heavy atom. The van der Waals surface area contributed by atoms with Crippen molar-refractivity contribution < 1.29 is 38.7 Å². The third-order valence-corrected chi connectivity index (χ3v) is 3.59. The van der Waals surface area contributed by atoms with Gasteiger partial charge in [0.15, 0.2) is 23.0 Å². The van der Waals surface area contributed by atoms with Crippen LogP contribution in [-0.4, -0.2) is 49.6 Å². The lowest BCUT2D eigenvalue weighted by Gasteiger charge is -2.09. The summed E-state index contributed by atoms with van der Waals surface area (Å²) < 4.78 is 20.0. The molecule has 0 aliphatic carbocycles. The number of esters is 2. The van der Waals surface area contributed by atoms with Crippen LogP contribution < -0.4 is 9.47 Å². The average molecular weight is 376 g/mol. The monoisotopic (exact) mass is 376 g/mol. The average Bonchev–Trinajstić information content (AvgIpc) is 2.68. The summed E-state index contributed by atoms with van der Waals surface area (Å²) in [4.78, 5) is 23.9. The Labute approximate surface area is 155 Å². The molecule has 0 aliphatic rings. The maximum absolute atomic E-state index is 11.9. The van der Waals surface area contributed by atoms with E-state index in [0.29, 0.717) is 6.42 Å². The van der Waals surface area contributed by atoms with Crippen molar-refractivity contribution >= 4 is 11.9 Å². The van der Waals surface area contributed by atoms with Crippen molar-refractivity contribution in [2.75, 3.05) is 27.4 Å². The van der Waals surface area contributed by atoms with Crippen molar-refractivity contribution in [2.24, 2.45) is 0 Å². The molecular formula is C19H20O8. The molecule has 2 N–H and O–H groups in total. The topological polar surface area (TPSA) is 112 Å². The summed E-state index contributed by atoms with van der Waals surface area (Å²) in [6.45, 7) is 0.0996. The summed E-state index contributed by atoms with van der Waals surface area (Å²) >= 11 is 0. The van der Waals surface area contributed by atoms with Crippen LogP contribution in [0.5, 0.6) is 23.0 Å². The second-order valence-corrected chi connectivity index (χ2v) is 5.40. The molecule has 27 heavy (non-hydrogen) atoms. The minimum Gasteiger partial charge on any atom is -0.504 e. The van der Waals surface area contributed by atoms with E-state index >= 15 is 0 Å². The van der Waals surface area contributed by atoms with E-state index in [2.05, 4.69) is 0 Å². The van der Waals surface area contributed by atoms with Gasteiger partial charge in [0.25, 0.3) is 0 Å². The molecule has 2 aromatic carbocycles. The van der Waals surface area contributed by atoms with Gasteiger partial charge in [-0.05, 0) is 36.4 Å². The Morgan fingerprint density at radius 2 is 1.19 bits per heavy atom. The highest BCUT2D eigenvalue weighted by atomic mass is 16.5. The highest BCUT2D eigenvalue weighted by Gasteiger charge is 2.13. The summed E-state index contributed by atoms with van der Waals surface area (Å²) in [6.07, 6.45) is 0.307. The summed E-state index contributed by atoms with van der Waals surface area (Å²) in [6, 6.07) is 8.24. The third kappa shape index (κ3) is 5.27. The molecule has 2 aromatic rings. The molecule has 0 heterocycles. The molecule has 0 unspecified atom stereocenters. The van der Waals surface area contributed by atoms with Crippen molar-refractivity contribution in [3.05, 3.63) is 47.5 Å². The highest BCUT2D eigenvalue weighted by Crippen LogP contribution is 2.27. The largest absolute Gasteiger partial charge is 0.504 e. The van der Waals surface area contributed by atoms with Crippen LogP contribution in [0.2, 0.25) is 0 Å². The first-order chi connectivity index (χ1) is 13.0. The number of ether oxygens (including phenoxy) is 4. The summed E-state index contributed by atoms with van der Waals surface area (Å²) in [5, 5.41) is 19.0. The first-order valence-corrected chi connectivity index (χ1v) is 8.04. The number of carbonyl (C=O) groups excluding carboxylic acids is 2. The summed E-state index contributed by atoms with van der Waals surface area (Å²) in [5.41, 5.74) is 0.468. The van der Waals surface area contributed by atoms with E-state index in [0.717, 1.165) is 0 Å². The minimum atomic E-state index is -0.581. The van der Waals surface area contributed by atoms with E-state index in [9.17, 15) is 19.8 Å². The molecule has 0 aliphatic heterocycles. The van der Waals surface area contributed by atoms with E-state index in [-0.39, 0.29) is 47.3 Å². The number of carbonyl (C=O) groups is 2. The molecule has 0 saturated carbocycles. The molecule has 0 radical (unpaired) electrons. The van der Waals surface area contributed by atoms with Gasteiger partial charge in [-0.15, -0.1) is 0 Å². The van der Waals surface area contributed by atoms with Crippen LogP contribution in [0.1, 0.15) is 27.1 Å². The number of hydrogen-bond donors (Lipinski definition) is 2. The van der Waals surface area contributed by atoms with E-state index in [1.165, 1.54) is 50.6 Å². The van der Waals surface area contributed by atoms with Crippen molar-refractivity contribution in [3.8, 4) is 23.0 Å². The maximum atomic E-state index is 11.9. The Balaban J connectivity index is 1.77. The van der Waals surface area contributed by atoms with Crippen molar-refractivity contribution in [1.82, 2.24) is 0 Å².